The second-order valence-electron chi connectivity index (χ2n) is 5.26. The monoisotopic (exact) mass is 360 g/mol. The number of fused-ring (bicyclic) bond motifs is 1. The summed E-state index contributed by atoms with van der Waals surface area (Å²) in [4.78, 5) is 14.0. The van der Waals surface area contributed by atoms with Crippen molar-refractivity contribution in [2.24, 2.45) is 0 Å². The van der Waals surface area contributed by atoms with E-state index in [-0.39, 0.29) is 22.4 Å². The third-order valence-electron chi connectivity index (χ3n) is 3.69. The van der Waals surface area contributed by atoms with Crippen LogP contribution in [-0.2, 0) is 4.79 Å². The molecule has 0 bridgehead atoms. The number of amides is 1. The summed E-state index contributed by atoms with van der Waals surface area (Å²) in [5, 5.41) is 8.04. The number of carbonyl (C=O) groups excluding carboxylic acids is 1. The number of halogens is 2. The number of nitrogens with one attached hydrogen (secondary N) is 1. The quantitative estimate of drug-likeness (QED) is 0.829. The number of anilines is 1. The summed E-state index contributed by atoms with van der Waals surface area (Å²) in [7, 11) is 0. The van der Waals surface area contributed by atoms with Crippen LogP contribution in [0.4, 0.5) is 14.5 Å². The summed E-state index contributed by atoms with van der Waals surface area (Å²) in [5.41, 5.74) is 0.535. The van der Waals surface area contributed by atoms with E-state index in [0.717, 1.165) is 23.9 Å². The van der Waals surface area contributed by atoms with Crippen LogP contribution < -0.4 is 14.4 Å². The number of carbonyl (C=O) groups is 1. The van der Waals surface area contributed by atoms with Gasteiger partial charge in [-0.05, 0) is 42.1 Å². The van der Waals surface area contributed by atoms with E-state index in [4.69, 9.17) is 14.9 Å². The highest BCUT2D eigenvalue weighted by Crippen LogP contribution is 2.40. The molecular formula is C17H10F2N2O3S. The van der Waals surface area contributed by atoms with E-state index in [1.165, 1.54) is 17.0 Å². The van der Waals surface area contributed by atoms with Gasteiger partial charge in [-0.2, -0.15) is 0 Å². The summed E-state index contributed by atoms with van der Waals surface area (Å²) >= 11 is 0.906. The number of hydrogen-bond acceptors (Lipinski definition) is 5. The Kier molecular flexibility index (Phi) is 3.69. The molecule has 0 spiro atoms. The van der Waals surface area contributed by atoms with Gasteiger partial charge in [0, 0.05) is 17.7 Å². The van der Waals surface area contributed by atoms with Crippen LogP contribution in [0.2, 0.25) is 0 Å². The molecule has 2 aliphatic heterocycles. The Morgan fingerprint density at radius 2 is 1.92 bits per heavy atom. The van der Waals surface area contributed by atoms with Gasteiger partial charge in [0.05, 0.1) is 10.6 Å². The Bertz CT molecular complexity index is 945. The predicted octanol–water partition coefficient (Wildman–Crippen LogP) is 3.75. The maximum absolute atomic E-state index is 13.8. The number of rotatable bonds is 2. The largest absolute Gasteiger partial charge is 0.454 e. The van der Waals surface area contributed by atoms with Crippen molar-refractivity contribution in [2.75, 3.05) is 11.7 Å². The zero-order valence-electron chi connectivity index (χ0n) is 12.6. The number of ether oxygens (including phenoxy) is 2. The van der Waals surface area contributed by atoms with Crippen LogP contribution in [0.25, 0.3) is 6.08 Å². The first-order valence-corrected chi connectivity index (χ1v) is 8.02. The first-order chi connectivity index (χ1) is 12.0. The molecule has 0 aliphatic carbocycles. The Morgan fingerprint density at radius 1 is 1.12 bits per heavy atom. The van der Waals surface area contributed by atoms with Crippen LogP contribution >= 0.6 is 11.8 Å². The van der Waals surface area contributed by atoms with Crippen LogP contribution in [0.5, 0.6) is 11.5 Å². The Balaban J connectivity index is 1.67. The van der Waals surface area contributed by atoms with Gasteiger partial charge < -0.3 is 9.47 Å². The lowest BCUT2D eigenvalue weighted by Crippen LogP contribution is -2.28. The minimum absolute atomic E-state index is 0.0161. The number of thioether (sulfide) groups is 1. The van der Waals surface area contributed by atoms with Crippen molar-refractivity contribution in [1.29, 1.82) is 5.41 Å². The number of nitrogens with zero attached hydrogens (tertiary/aromatic N) is 1. The maximum atomic E-state index is 13.8. The molecule has 5 nitrogen and oxygen atoms in total. The zero-order valence-corrected chi connectivity index (χ0v) is 13.4. The van der Waals surface area contributed by atoms with Gasteiger partial charge in [-0.1, -0.05) is 0 Å². The Hall–Kier alpha value is -2.87. The average Bonchev–Trinajstić information content (AvgIpc) is 3.14. The van der Waals surface area contributed by atoms with Crippen molar-refractivity contribution in [1.82, 2.24) is 0 Å². The molecule has 2 aliphatic rings. The Morgan fingerprint density at radius 3 is 2.72 bits per heavy atom. The van der Waals surface area contributed by atoms with E-state index in [2.05, 4.69) is 0 Å². The maximum Gasteiger partial charge on any atom is 0.271 e. The fourth-order valence-corrected chi connectivity index (χ4v) is 3.36. The highest BCUT2D eigenvalue weighted by molar-refractivity contribution is 8.19. The van der Waals surface area contributed by atoms with Crippen molar-refractivity contribution in [3.63, 3.8) is 0 Å². The van der Waals surface area contributed by atoms with Gasteiger partial charge in [0.25, 0.3) is 5.91 Å². The molecule has 2 aromatic carbocycles. The van der Waals surface area contributed by atoms with E-state index in [1.54, 1.807) is 18.2 Å². The molecule has 126 valence electrons. The Labute approximate surface area is 145 Å². The number of benzene rings is 2. The third kappa shape index (κ3) is 2.74. The van der Waals surface area contributed by atoms with Gasteiger partial charge in [0.15, 0.2) is 16.7 Å². The van der Waals surface area contributed by atoms with Gasteiger partial charge in [0.1, 0.15) is 11.6 Å². The van der Waals surface area contributed by atoms with Crippen LogP contribution in [0.1, 0.15) is 5.56 Å². The first kappa shape index (κ1) is 15.6. The van der Waals surface area contributed by atoms with Crippen LogP contribution in [-0.4, -0.2) is 17.9 Å². The molecule has 0 aromatic heterocycles. The minimum atomic E-state index is -0.769. The van der Waals surface area contributed by atoms with Crippen LogP contribution in [0.15, 0.2) is 41.3 Å². The van der Waals surface area contributed by atoms with E-state index >= 15 is 0 Å². The van der Waals surface area contributed by atoms with Crippen molar-refractivity contribution in [3.05, 3.63) is 58.5 Å². The molecule has 2 heterocycles. The molecule has 4 rings (SSSR count). The van der Waals surface area contributed by atoms with E-state index in [1.807, 2.05) is 0 Å². The highest BCUT2D eigenvalue weighted by atomic mass is 32.2. The molecular weight excluding hydrogens is 350 g/mol. The minimum Gasteiger partial charge on any atom is -0.454 e. The zero-order chi connectivity index (χ0) is 17.6. The predicted molar refractivity (Wildman–Crippen MR) is 89.7 cm³/mol. The van der Waals surface area contributed by atoms with Gasteiger partial charge >= 0.3 is 0 Å². The van der Waals surface area contributed by atoms with Crippen molar-refractivity contribution >= 4 is 34.6 Å². The smallest absolute Gasteiger partial charge is 0.271 e. The molecule has 2 aromatic rings. The number of amidine groups is 1. The number of hydrogen-bond donors (Lipinski definition) is 1. The molecule has 1 amide bonds. The van der Waals surface area contributed by atoms with Crippen molar-refractivity contribution in [3.8, 4) is 11.5 Å². The molecule has 0 radical (unpaired) electrons. The van der Waals surface area contributed by atoms with Crippen molar-refractivity contribution < 1.29 is 23.0 Å². The second kappa shape index (κ2) is 5.89. The molecule has 1 fully saturated rings. The normalized spacial score (nSPS) is 17.7. The SMILES string of the molecule is N=C1SC(=Cc2ccc(F)cc2F)C(=O)N1c1ccc2c(c1)OCO2. The summed E-state index contributed by atoms with van der Waals surface area (Å²) in [6.45, 7) is 0.105. The summed E-state index contributed by atoms with van der Waals surface area (Å²) in [6.07, 6.45) is 1.31. The first-order valence-electron chi connectivity index (χ1n) is 7.20. The lowest BCUT2D eigenvalue weighted by atomic mass is 10.2. The summed E-state index contributed by atoms with van der Waals surface area (Å²) in [5.74, 6) is -0.866. The van der Waals surface area contributed by atoms with E-state index in [9.17, 15) is 13.6 Å². The molecule has 0 saturated carbocycles. The fraction of sp³-hybridized carbons (Fsp3) is 0.0588. The standard InChI is InChI=1S/C17H10F2N2O3S/c18-10-2-1-9(12(19)6-10)5-15-16(22)21(17(20)25-15)11-3-4-13-14(7-11)24-8-23-13/h1-7,20H,8H2. The summed E-state index contributed by atoms with van der Waals surface area (Å²) < 4.78 is 37.3. The van der Waals surface area contributed by atoms with Gasteiger partial charge in [-0.25, -0.2) is 8.78 Å². The fourth-order valence-electron chi connectivity index (χ4n) is 2.51. The lowest BCUT2D eigenvalue weighted by molar-refractivity contribution is -0.113. The second-order valence-corrected chi connectivity index (χ2v) is 6.29. The summed E-state index contributed by atoms with van der Waals surface area (Å²) in [6, 6.07) is 8.01. The topological polar surface area (TPSA) is 62.6 Å². The van der Waals surface area contributed by atoms with Crippen molar-refractivity contribution in [2.45, 2.75) is 0 Å². The average molecular weight is 360 g/mol. The molecule has 1 saturated heterocycles. The van der Waals surface area contributed by atoms with Crippen LogP contribution in [0.3, 0.4) is 0 Å². The van der Waals surface area contributed by atoms with Gasteiger partial charge in [0.2, 0.25) is 6.79 Å². The highest BCUT2D eigenvalue weighted by Gasteiger charge is 2.34. The molecule has 0 unspecified atom stereocenters. The molecule has 8 heteroatoms. The molecule has 1 N–H and O–H groups in total. The van der Waals surface area contributed by atoms with Crippen LogP contribution in [0, 0.1) is 17.0 Å². The van der Waals surface area contributed by atoms with E-state index < -0.39 is 17.5 Å². The third-order valence-corrected chi connectivity index (χ3v) is 4.58. The molecule has 25 heavy (non-hydrogen) atoms. The van der Waals surface area contributed by atoms with E-state index in [0.29, 0.717) is 17.2 Å². The lowest BCUT2D eigenvalue weighted by Gasteiger charge is -2.14. The van der Waals surface area contributed by atoms with Gasteiger partial charge in [-0.3, -0.25) is 15.1 Å². The van der Waals surface area contributed by atoms with Gasteiger partial charge in [-0.15, -0.1) is 0 Å². The molecule has 0 atom stereocenters.